The van der Waals surface area contributed by atoms with Crippen LogP contribution in [0.2, 0.25) is 0 Å². The Morgan fingerprint density at radius 1 is 0.696 bits per heavy atom. The van der Waals surface area contributed by atoms with Crippen LogP contribution in [0.1, 0.15) is 0 Å². The van der Waals surface area contributed by atoms with Crippen LogP contribution in [0.15, 0.2) is 24.3 Å². The summed E-state index contributed by atoms with van der Waals surface area (Å²) in [6.45, 7) is 4.25. The van der Waals surface area contributed by atoms with Gasteiger partial charge in [0, 0.05) is 0 Å². The van der Waals surface area contributed by atoms with Crippen molar-refractivity contribution < 1.29 is 28.4 Å². The van der Waals surface area contributed by atoms with E-state index in [9.17, 15) is 0 Å². The Balaban J connectivity index is 1.86. The fourth-order valence-electron chi connectivity index (χ4n) is 1.93. The van der Waals surface area contributed by atoms with Crippen molar-refractivity contribution in [3.63, 3.8) is 0 Å². The van der Waals surface area contributed by atoms with Crippen LogP contribution >= 0.6 is 0 Å². The van der Waals surface area contributed by atoms with Gasteiger partial charge in [0.2, 0.25) is 0 Å². The van der Waals surface area contributed by atoms with Crippen molar-refractivity contribution in [1.29, 1.82) is 0 Å². The van der Waals surface area contributed by atoms with Gasteiger partial charge in [-0.25, -0.2) is 0 Å². The van der Waals surface area contributed by atoms with Crippen LogP contribution < -0.4 is 15.2 Å². The van der Waals surface area contributed by atoms with E-state index in [1.807, 2.05) is 24.3 Å². The Morgan fingerprint density at radius 3 is 1.87 bits per heavy atom. The molecule has 0 saturated heterocycles. The molecule has 2 N–H and O–H groups in total. The fraction of sp³-hybridized carbons (Fsp3) is 0.625. The first kappa shape index (κ1) is 18.0. The van der Waals surface area contributed by atoms with Crippen molar-refractivity contribution in [2.24, 2.45) is 5.73 Å². The number of benzene rings is 1. The number of ether oxygens (including phenoxy) is 6. The van der Waals surface area contributed by atoms with Gasteiger partial charge in [-0.3, -0.25) is 5.73 Å². The molecule has 2 rings (SSSR count). The molecule has 130 valence electrons. The van der Waals surface area contributed by atoms with Crippen molar-refractivity contribution in [3.05, 3.63) is 24.3 Å². The van der Waals surface area contributed by atoms with Gasteiger partial charge < -0.3 is 28.4 Å². The van der Waals surface area contributed by atoms with Crippen molar-refractivity contribution in [3.8, 4) is 11.5 Å². The highest BCUT2D eigenvalue weighted by Gasteiger charge is 2.10. The molecule has 1 aliphatic heterocycles. The van der Waals surface area contributed by atoms with E-state index in [2.05, 4.69) is 0 Å². The van der Waals surface area contributed by atoms with Gasteiger partial charge >= 0.3 is 0 Å². The number of hydrogen-bond acceptors (Lipinski definition) is 7. The maximum atomic E-state index is 5.91. The third kappa shape index (κ3) is 7.62. The lowest BCUT2D eigenvalue weighted by Crippen LogP contribution is -2.33. The molecule has 0 aliphatic carbocycles. The second kappa shape index (κ2) is 11.2. The minimum Gasteiger partial charge on any atom is -0.487 e. The predicted octanol–water partition coefficient (Wildman–Crippen LogP) is 0.809. The van der Waals surface area contributed by atoms with Crippen LogP contribution in [0.5, 0.6) is 11.5 Å². The third-order valence-electron chi connectivity index (χ3n) is 3.01. The summed E-state index contributed by atoms with van der Waals surface area (Å²) in [6.07, 6.45) is -0.571. The summed E-state index contributed by atoms with van der Waals surface area (Å²) >= 11 is 0. The number of para-hydroxylation sites is 2. The average molecular weight is 327 g/mol. The molecule has 0 fully saturated rings. The molecule has 7 heteroatoms. The van der Waals surface area contributed by atoms with E-state index in [0.717, 1.165) is 0 Å². The first-order chi connectivity index (χ1) is 11.4. The first-order valence-corrected chi connectivity index (χ1v) is 7.81. The van der Waals surface area contributed by atoms with E-state index in [0.29, 0.717) is 64.4 Å². The van der Waals surface area contributed by atoms with Crippen LogP contribution in [-0.4, -0.2) is 65.7 Å². The van der Waals surface area contributed by atoms with E-state index in [-0.39, 0.29) is 6.61 Å². The quantitative estimate of drug-likeness (QED) is 0.755. The molecular weight excluding hydrogens is 302 g/mol. The molecule has 1 aromatic rings. The van der Waals surface area contributed by atoms with Crippen LogP contribution in [0.4, 0.5) is 0 Å². The molecular formula is C16H25NO6. The molecule has 1 unspecified atom stereocenters. The Kier molecular flexibility index (Phi) is 8.75. The van der Waals surface area contributed by atoms with Gasteiger partial charge in [0.15, 0.2) is 17.7 Å². The lowest BCUT2D eigenvalue weighted by Gasteiger charge is -2.18. The van der Waals surface area contributed by atoms with Crippen LogP contribution in [-0.2, 0) is 18.9 Å². The van der Waals surface area contributed by atoms with E-state index in [4.69, 9.17) is 34.2 Å². The van der Waals surface area contributed by atoms with Gasteiger partial charge in [-0.1, -0.05) is 12.1 Å². The fourth-order valence-corrected chi connectivity index (χ4v) is 1.93. The third-order valence-corrected chi connectivity index (χ3v) is 3.01. The average Bonchev–Trinajstić information content (AvgIpc) is 2.56. The smallest absolute Gasteiger partial charge is 0.171 e. The predicted molar refractivity (Wildman–Crippen MR) is 83.8 cm³/mol. The van der Waals surface area contributed by atoms with Gasteiger partial charge in [-0.2, -0.15) is 0 Å². The van der Waals surface area contributed by atoms with Gasteiger partial charge in [-0.05, 0) is 12.1 Å². The van der Waals surface area contributed by atoms with Crippen molar-refractivity contribution in [1.82, 2.24) is 0 Å². The topological polar surface area (TPSA) is 81.4 Å². The van der Waals surface area contributed by atoms with Gasteiger partial charge in [0.1, 0.15) is 6.61 Å². The molecule has 0 bridgehead atoms. The molecule has 23 heavy (non-hydrogen) atoms. The second-order valence-corrected chi connectivity index (χ2v) is 4.86. The lowest BCUT2D eigenvalue weighted by molar-refractivity contribution is -0.0163. The minimum absolute atomic E-state index is 0.275. The van der Waals surface area contributed by atoms with Gasteiger partial charge in [-0.15, -0.1) is 0 Å². The van der Waals surface area contributed by atoms with E-state index >= 15 is 0 Å². The van der Waals surface area contributed by atoms with Crippen LogP contribution in [0.25, 0.3) is 0 Å². The standard InChI is InChI=1S/C16H25NO6/c17-16-13-21-10-9-19-6-5-18-7-8-20-11-12-22-14-3-1-2-4-15(14)23-16/h1-4,16H,5-13,17H2. The first-order valence-electron chi connectivity index (χ1n) is 7.81. The normalized spacial score (nSPS) is 22.7. The largest absolute Gasteiger partial charge is 0.487 e. The molecule has 0 amide bonds. The zero-order valence-corrected chi connectivity index (χ0v) is 13.3. The lowest BCUT2D eigenvalue weighted by atomic mass is 10.3. The Hall–Kier alpha value is -1.38. The zero-order valence-electron chi connectivity index (χ0n) is 13.3. The Bertz CT molecular complexity index is 431. The zero-order chi connectivity index (χ0) is 16.2. The SMILES string of the molecule is NC1COCCOCCOCCOCCOc2ccccc2O1. The molecule has 1 aromatic carbocycles. The van der Waals surface area contributed by atoms with Crippen LogP contribution in [0, 0.1) is 0 Å². The monoisotopic (exact) mass is 327 g/mol. The summed E-state index contributed by atoms with van der Waals surface area (Å²) in [5.74, 6) is 1.22. The summed E-state index contributed by atoms with van der Waals surface area (Å²) in [7, 11) is 0. The van der Waals surface area contributed by atoms with Crippen LogP contribution in [0.3, 0.4) is 0 Å². The van der Waals surface area contributed by atoms with Crippen molar-refractivity contribution >= 4 is 0 Å². The highest BCUT2D eigenvalue weighted by molar-refractivity contribution is 5.39. The minimum atomic E-state index is -0.571. The van der Waals surface area contributed by atoms with Gasteiger partial charge in [0.25, 0.3) is 0 Å². The molecule has 0 radical (unpaired) electrons. The maximum absolute atomic E-state index is 5.91. The van der Waals surface area contributed by atoms with Crippen molar-refractivity contribution in [2.45, 2.75) is 6.23 Å². The Morgan fingerprint density at radius 2 is 1.22 bits per heavy atom. The van der Waals surface area contributed by atoms with E-state index in [1.54, 1.807) is 0 Å². The molecule has 0 saturated carbocycles. The van der Waals surface area contributed by atoms with Crippen molar-refractivity contribution in [2.75, 3.05) is 59.5 Å². The summed E-state index contributed by atoms with van der Waals surface area (Å²) in [5, 5.41) is 0. The number of nitrogens with two attached hydrogens (primary N) is 1. The number of fused-ring (bicyclic) bond motifs is 1. The molecule has 7 nitrogen and oxygen atoms in total. The summed E-state index contributed by atoms with van der Waals surface area (Å²) in [5.41, 5.74) is 5.91. The number of hydrogen-bond donors (Lipinski definition) is 1. The summed E-state index contributed by atoms with van der Waals surface area (Å²) in [6, 6.07) is 7.38. The van der Waals surface area contributed by atoms with Gasteiger partial charge in [0.05, 0.1) is 52.9 Å². The van der Waals surface area contributed by atoms with E-state index < -0.39 is 6.23 Å². The summed E-state index contributed by atoms with van der Waals surface area (Å²) < 4.78 is 33.0. The molecule has 1 aliphatic rings. The molecule has 1 atom stereocenters. The number of rotatable bonds is 0. The second-order valence-electron chi connectivity index (χ2n) is 4.86. The molecule has 0 spiro atoms. The highest BCUT2D eigenvalue weighted by Crippen LogP contribution is 2.26. The van der Waals surface area contributed by atoms with E-state index in [1.165, 1.54) is 0 Å². The maximum Gasteiger partial charge on any atom is 0.171 e. The highest BCUT2D eigenvalue weighted by atomic mass is 16.6. The Labute approximate surface area is 136 Å². The summed E-state index contributed by atoms with van der Waals surface area (Å²) in [4.78, 5) is 0. The molecule has 0 aromatic heterocycles. The molecule has 1 heterocycles.